The lowest BCUT2D eigenvalue weighted by atomic mass is 9.87. The number of phenols is 4. The van der Waals surface area contributed by atoms with Gasteiger partial charge in [-0.3, -0.25) is 4.79 Å². The van der Waals surface area contributed by atoms with E-state index in [9.17, 15) is 25.2 Å². The summed E-state index contributed by atoms with van der Waals surface area (Å²) in [6.45, 7) is 1.60. The summed E-state index contributed by atoms with van der Waals surface area (Å²) in [4.78, 5) is 12.8. The van der Waals surface area contributed by atoms with Crippen LogP contribution in [0.25, 0.3) is 0 Å². The molecule has 132 valence electrons. The Labute approximate surface area is 143 Å². The average molecular weight is 346 g/mol. The minimum atomic E-state index is -0.637. The van der Waals surface area contributed by atoms with Crippen molar-refractivity contribution in [3.05, 3.63) is 34.9 Å². The van der Waals surface area contributed by atoms with Gasteiger partial charge in [-0.05, 0) is 25.0 Å². The van der Waals surface area contributed by atoms with Crippen molar-refractivity contribution in [3.8, 4) is 34.5 Å². The van der Waals surface area contributed by atoms with Crippen LogP contribution >= 0.6 is 0 Å². The first-order valence-corrected chi connectivity index (χ1v) is 7.65. The Hall–Kier alpha value is -3.09. The molecule has 0 saturated heterocycles. The molecule has 1 aliphatic heterocycles. The average Bonchev–Trinajstić information content (AvgIpc) is 2.57. The van der Waals surface area contributed by atoms with Crippen molar-refractivity contribution in [1.29, 1.82) is 0 Å². The van der Waals surface area contributed by atoms with Crippen LogP contribution in [0.3, 0.4) is 0 Å². The molecule has 0 aromatic heterocycles. The highest BCUT2D eigenvalue weighted by Crippen LogP contribution is 2.49. The third-order valence-electron chi connectivity index (χ3n) is 4.38. The van der Waals surface area contributed by atoms with Gasteiger partial charge in [0.1, 0.15) is 22.8 Å². The van der Waals surface area contributed by atoms with Gasteiger partial charge in [-0.2, -0.15) is 0 Å². The summed E-state index contributed by atoms with van der Waals surface area (Å²) in [7, 11) is 1.28. The molecule has 25 heavy (non-hydrogen) atoms. The fourth-order valence-electron chi connectivity index (χ4n) is 3.01. The summed E-state index contributed by atoms with van der Waals surface area (Å²) in [6.07, 6.45) is 0.173. The summed E-state index contributed by atoms with van der Waals surface area (Å²) in [6, 6.07) is 4.13. The van der Waals surface area contributed by atoms with E-state index < -0.39 is 11.7 Å². The van der Waals surface area contributed by atoms with Crippen molar-refractivity contribution in [3.63, 3.8) is 0 Å². The summed E-state index contributed by atoms with van der Waals surface area (Å²) >= 11 is 0. The first-order chi connectivity index (χ1) is 11.8. The summed E-state index contributed by atoms with van der Waals surface area (Å²) < 4.78 is 10.6. The summed E-state index contributed by atoms with van der Waals surface area (Å²) in [5, 5.41) is 39.6. The number of fused-ring (bicyclic) bond motifs is 1. The zero-order valence-corrected chi connectivity index (χ0v) is 13.7. The van der Waals surface area contributed by atoms with Crippen LogP contribution in [0.5, 0.6) is 34.5 Å². The number of benzene rings is 2. The van der Waals surface area contributed by atoms with E-state index in [-0.39, 0.29) is 53.1 Å². The number of aromatic hydroxyl groups is 4. The van der Waals surface area contributed by atoms with Crippen LogP contribution < -0.4 is 9.47 Å². The first kappa shape index (κ1) is 16.8. The predicted molar refractivity (Wildman–Crippen MR) is 87.9 cm³/mol. The van der Waals surface area contributed by atoms with Gasteiger partial charge in [0.15, 0.2) is 17.3 Å². The van der Waals surface area contributed by atoms with Gasteiger partial charge in [-0.25, -0.2) is 0 Å². The van der Waals surface area contributed by atoms with Crippen LogP contribution in [0.4, 0.5) is 0 Å². The number of rotatable bonds is 3. The third kappa shape index (κ3) is 2.67. The molecule has 7 heteroatoms. The lowest BCUT2D eigenvalue weighted by Gasteiger charge is -2.27. The Bertz CT molecular complexity index is 857. The number of hydrogen-bond acceptors (Lipinski definition) is 7. The zero-order chi connectivity index (χ0) is 18.3. The van der Waals surface area contributed by atoms with Crippen molar-refractivity contribution < 1.29 is 34.7 Å². The maximum absolute atomic E-state index is 12.8. The second kappa shape index (κ2) is 6.08. The molecule has 0 saturated carbocycles. The number of ketones is 1. The van der Waals surface area contributed by atoms with Crippen LogP contribution in [-0.4, -0.2) is 39.9 Å². The largest absolute Gasteiger partial charge is 0.508 e. The van der Waals surface area contributed by atoms with E-state index in [1.54, 1.807) is 6.92 Å². The predicted octanol–water partition coefficient (Wildman–Crippen LogP) is 2.26. The van der Waals surface area contributed by atoms with Crippen molar-refractivity contribution >= 4 is 5.78 Å². The molecule has 0 radical (unpaired) electrons. The molecule has 1 atom stereocenters. The molecule has 1 heterocycles. The van der Waals surface area contributed by atoms with E-state index in [1.807, 2.05) is 0 Å². The van der Waals surface area contributed by atoms with E-state index in [0.29, 0.717) is 11.1 Å². The van der Waals surface area contributed by atoms with Crippen molar-refractivity contribution in [2.75, 3.05) is 13.7 Å². The molecule has 0 fully saturated rings. The van der Waals surface area contributed by atoms with Gasteiger partial charge in [0.05, 0.1) is 19.6 Å². The number of Topliss-reactive ketones (excluding diaryl/α,β-unsaturated/α-hetero) is 1. The lowest BCUT2D eigenvalue weighted by molar-refractivity contribution is 0.0823. The quantitative estimate of drug-likeness (QED) is 0.673. The summed E-state index contributed by atoms with van der Waals surface area (Å²) in [5.74, 6) is -2.00. The monoisotopic (exact) mass is 346 g/mol. The number of carbonyl (C=O) groups excluding carboxylic acids is 1. The van der Waals surface area contributed by atoms with Gasteiger partial charge in [0.2, 0.25) is 5.75 Å². The van der Waals surface area contributed by atoms with Gasteiger partial charge in [0.25, 0.3) is 0 Å². The first-order valence-electron chi connectivity index (χ1n) is 7.65. The lowest BCUT2D eigenvalue weighted by Crippen LogP contribution is -2.30. The fraction of sp³-hybridized carbons (Fsp3) is 0.278. The van der Waals surface area contributed by atoms with Gasteiger partial charge < -0.3 is 29.9 Å². The second-order valence-corrected chi connectivity index (χ2v) is 5.95. The van der Waals surface area contributed by atoms with E-state index >= 15 is 0 Å². The molecule has 0 aliphatic carbocycles. The Balaban J connectivity index is 2.00. The molecule has 4 N–H and O–H groups in total. The molecule has 2 aromatic rings. The van der Waals surface area contributed by atoms with Crippen LogP contribution in [0.1, 0.15) is 21.5 Å². The molecule has 0 bridgehead atoms. The highest BCUT2D eigenvalue weighted by atomic mass is 16.5. The van der Waals surface area contributed by atoms with E-state index in [0.717, 1.165) is 0 Å². The van der Waals surface area contributed by atoms with Gasteiger partial charge >= 0.3 is 0 Å². The van der Waals surface area contributed by atoms with Crippen LogP contribution in [0.15, 0.2) is 18.2 Å². The minimum Gasteiger partial charge on any atom is -0.508 e. The highest BCUT2D eigenvalue weighted by molar-refractivity contribution is 6.05. The molecule has 7 nitrogen and oxygen atoms in total. The third-order valence-corrected chi connectivity index (χ3v) is 4.38. The van der Waals surface area contributed by atoms with Gasteiger partial charge in [-0.1, -0.05) is 6.07 Å². The Kier molecular flexibility index (Phi) is 4.08. The second-order valence-electron chi connectivity index (χ2n) is 5.95. The normalized spacial score (nSPS) is 16.2. The number of ether oxygens (including phenoxy) is 2. The minimum absolute atomic E-state index is 0.0399. The number of hydrogen-bond donors (Lipinski definition) is 4. The Morgan fingerprint density at radius 3 is 2.56 bits per heavy atom. The number of carbonyl (C=O) groups is 1. The Morgan fingerprint density at radius 2 is 1.92 bits per heavy atom. The number of phenolic OH excluding ortho intramolecular Hbond substituents is 4. The van der Waals surface area contributed by atoms with E-state index in [1.165, 1.54) is 25.3 Å². The molecule has 0 unspecified atom stereocenters. The number of methoxy groups -OCH3 is 1. The van der Waals surface area contributed by atoms with Gasteiger partial charge in [0, 0.05) is 11.6 Å². The smallest absolute Gasteiger partial charge is 0.204 e. The molecule has 0 amide bonds. The SMILES string of the molecule is COc1c(O)c(C)c2c(c1O)C(=O)[C@@H](Cc1ccc(O)cc1O)CO2. The molecular weight excluding hydrogens is 328 g/mol. The standard InChI is InChI=1S/C18H18O7/c1-8-14(21)18(24-2)16(23)13-15(22)10(7-25-17(8)13)5-9-3-4-11(19)6-12(9)20/h3-4,6,10,19-21,23H,5,7H2,1-2H3/t10-/m0/s1. The zero-order valence-electron chi connectivity index (χ0n) is 13.7. The van der Waals surface area contributed by atoms with Crippen molar-refractivity contribution in [2.45, 2.75) is 13.3 Å². The molecule has 2 aromatic carbocycles. The van der Waals surface area contributed by atoms with E-state index in [4.69, 9.17) is 9.47 Å². The molecular formula is C18H18O7. The topological polar surface area (TPSA) is 116 Å². The Morgan fingerprint density at radius 1 is 1.20 bits per heavy atom. The summed E-state index contributed by atoms with van der Waals surface area (Å²) in [5.41, 5.74) is 0.746. The van der Waals surface area contributed by atoms with E-state index in [2.05, 4.69) is 0 Å². The molecule has 0 spiro atoms. The maximum Gasteiger partial charge on any atom is 0.204 e. The molecule has 1 aliphatic rings. The van der Waals surface area contributed by atoms with Crippen molar-refractivity contribution in [1.82, 2.24) is 0 Å². The maximum atomic E-state index is 12.8. The van der Waals surface area contributed by atoms with Crippen LogP contribution in [-0.2, 0) is 6.42 Å². The molecule has 3 rings (SSSR count). The fourth-order valence-corrected chi connectivity index (χ4v) is 3.01. The van der Waals surface area contributed by atoms with Gasteiger partial charge in [-0.15, -0.1) is 0 Å². The van der Waals surface area contributed by atoms with Crippen molar-refractivity contribution in [2.24, 2.45) is 5.92 Å². The highest BCUT2D eigenvalue weighted by Gasteiger charge is 2.36. The van der Waals surface area contributed by atoms with Crippen LogP contribution in [0.2, 0.25) is 0 Å². The van der Waals surface area contributed by atoms with Crippen LogP contribution in [0, 0.1) is 12.8 Å².